The number of alkyl halides is 3. The largest absolute Gasteiger partial charge is 0.481 e. The first-order valence-corrected chi connectivity index (χ1v) is 13.3. The van der Waals surface area contributed by atoms with Crippen molar-refractivity contribution in [3.63, 3.8) is 0 Å². The zero-order valence-corrected chi connectivity index (χ0v) is 22.5. The predicted molar refractivity (Wildman–Crippen MR) is 137 cm³/mol. The fraction of sp³-hybridized carbons (Fsp3) is 0.556. The normalized spacial score (nSPS) is 18.6. The summed E-state index contributed by atoms with van der Waals surface area (Å²) < 4.78 is 55.0. The number of halogens is 3. The number of piperidine rings is 1. The molecular weight excluding hydrogens is 515 g/mol. The smallest absolute Gasteiger partial charge is 0.416 e. The fourth-order valence-corrected chi connectivity index (χ4v) is 5.02. The van der Waals surface area contributed by atoms with Crippen LogP contribution >= 0.6 is 0 Å². The Bertz CT molecular complexity index is 1290. The van der Waals surface area contributed by atoms with Crippen molar-refractivity contribution in [3.05, 3.63) is 35.4 Å². The number of aliphatic carboxylic acids is 1. The number of rotatable bonds is 10. The molecule has 4 rings (SSSR count). The minimum atomic E-state index is -4.57. The van der Waals surface area contributed by atoms with Gasteiger partial charge < -0.3 is 19.3 Å². The van der Waals surface area contributed by atoms with E-state index in [0.717, 1.165) is 12.5 Å². The molecule has 1 saturated heterocycles. The van der Waals surface area contributed by atoms with E-state index in [1.165, 1.54) is 6.07 Å². The van der Waals surface area contributed by atoms with Gasteiger partial charge in [-0.3, -0.25) is 4.79 Å². The van der Waals surface area contributed by atoms with Gasteiger partial charge in [0.25, 0.3) is 5.89 Å². The summed E-state index contributed by atoms with van der Waals surface area (Å²) in [5.74, 6) is -0.569. The minimum Gasteiger partial charge on any atom is -0.481 e. The van der Waals surface area contributed by atoms with Crippen LogP contribution in [0.2, 0.25) is 0 Å². The number of likely N-dealkylation sites (tertiary alicyclic amines) is 1. The summed E-state index contributed by atoms with van der Waals surface area (Å²) in [7, 11) is 0. The molecule has 12 heteroatoms. The summed E-state index contributed by atoms with van der Waals surface area (Å²) in [5.41, 5.74) is -0.0236. The Morgan fingerprint density at radius 3 is 2.67 bits per heavy atom. The summed E-state index contributed by atoms with van der Waals surface area (Å²) in [4.78, 5) is 17.8. The lowest BCUT2D eigenvalue weighted by atomic mass is 9.89. The third-order valence-corrected chi connectivity index (χ3v) is 7.04. The third-order valence-electron chi connectivity index (χ3n) is 7.04. The Morgan fingerprint density at radius 1 is 1.26 bits per heavy atom. The maximum Gasteiger partial charge on any atom is 0.416 e. The van der Waals surface area contributed by atoms with Crippen LogP contribution in [0.1, 0.15) is 58.1 Å². The molecule has 9 nitrogen and oxygen atoms in total. The van der Waals surface area contributed by atoms with Crippen molar-refractivity contribution in [1.82, 2.24) is 24.8 Å². The van der Waals surface area contributed by atoms with Crippen molar-refractivity contribution in [2.45, 2.75) is 78.2 Å². The first-order valence-electron chi connectivity index (χ1n) is 13.3. The van der Waals surface area contributed by atoms with Crippen LogP contribution in [0.15, 0.2) is 28.8 Å². The van der Waals surface area contributed by atoms with Gasteiger partial charge in [0.2, 0.25) is 11.7 Å². The molecule has 1 N–H and O–H groups in total. The first kappa shape index (κ1) is 28.6. The van der Waals surface area contributed by atoms with Crippen LogP contribution in [-0.4, -0.2) is 61.1 Å². The van der Waals surface area contributed by atoms with Gasteiger partial charge in [0.05, 0.1) is 17.6 Å². The first-order chi connectivity index (χ1) is 18.5. The molecule has 212 valence electrons. The molecule has 0 amide bonds. The van der Waals surface area contributed by atoms with Gasteiger partial charge in [0.15, 0.2) is 5.69 Å². The minimum absolute atomic E-state index is 0.0289. The van der Waals surface area contributed by atoms with Crippen LogP contribution in [0, 0.1) is 5.92 Å². The van der Waals surface area contributed by atoms with E-state index in [1.54, 1.807) is 16.8 Å². The number of hydrogen-bond acceptors (Lipinski definition) is 7. The lowest BCUT2D eigenvalue weighted by molar-refractivity contribution is -0.144. The average Bonchev–Trinajstić information content (AvgIpc) is 3.53. The van der Waals surface area contributed by atoms with E-state index < -0.39 is 23.6 Å². The van der Waals surface area contributed by atoms with E-state index in [0.29, 0.717) is 44.0 Å². The lowest BCUT2D eigenvalue weighted by Gasteiger charge is -2.38. The zero-order valence-electron chi connectivity index (χ0n) is 22.5. The number of carbonyl (C=O) groups is 1. The highest BCUT2D eigenvalue weighted by Gasteiger charge is 2.35. The Kier molecular flexibility index (Phi) is 8.63. The lowest BCUT2D eigenvalue weighted by Crippen LogP contribution is -2.44. The van der Waals surface area contributed by atoms with Crippen molar-refractivity contribution in [2.75, 3.05) is 13.1 Å². The Labute approximate surface area is 224 Å². The number of aryl methyl sites for hydroxylation is 1. The number of benzene rings is 1. The summed E-state index contributed by atoms with van der Waals surface area (Å²) in [6.07, 6.45) is -2.69. The number of nitrogens with zero attached hydrogens (tertiary/aromatic N) is 5. The molecule has 1 fully saturated rings. The third kappa shape index (κ3) is 6.60. The number of aromatic nitrogens is 4. The highest BCUT2D eigenvalue weighted by molar-refractivity contribution is 5.70. The van der Waals surface area contributed by atoms with E-state index in [-0.39, 0.29) is 41.4 Å². The van der Waals surface area contributed by atoms with Crippen molar-refractivity contribution < 1.29 is 32.3 Å². The van der Waals surface area contributed by atoms with Crippen molar-refractivity contribution in [3.8, 4) is 28.9 Å². The van der Waals surface area contributed by atoms with Crippen molar-refractivity contribution >= 4 is 5.97 Å². The molecular formula is C27H34F3N5O4. The average molecular weight is 550 g/mol. The number of carboxylic acid groups (broad SMARTS) is 1. The Morgan fingerprint density at radius 2 is 2.03 bits per heavy atom. The molecule has 3 heterocycles. The summed E-state index contributed by atoms with van der Waals surface area (Å²) in [5, 5.41) is 17.7. The van der Waals surface area contributed by atoms with Gasteiger partial charge in [-0.15, -0.1) is 0 Å². The molecule has 1 aliphatic heterocycles. The number of carboxylic acids is 1. The van der Waals surface area contributed by atoms with Gasteiger partial charge in [0.1, 0.15) is 0 Å². The van der Waals surface area contributed by atoms with Crippen LogP contribution in [0.5, 0.6) is 5.88 Å². The molecule has 3 aromatic rings. The van der Waals surface area contributed by atoms with E-state index in [1.807, 2.05) is 27.7 Å². The second-order valence-electron chi connectivity index (χ2n) is 10.1. The maximum absolute atomic E-state index is 14.1. The molecule has 1 aromatic carbocycles. The van der Waals surface area contributed by atoms with Crippen LogP contribution < -0.4 is 4.74 Å². The van der Waals surface area contributed by atoms with E-state index in [2.05, 4.69) is 20.1 Å². The van der Waals surface area contributed by atoms with E-state index in [4.69, 9.17) is 9.26 Å². The molecule has 0 spiro atoms. The highest BCUT2D eigenvalue weighted by atomic mass is 19.4. The molecule has 2 aromatic heterocycles. The molecule has 39 heavy (non-hydrogen) atoms. The number of ether oxygens (including phenoxy) is 1. The Hall–Kier alpha value is -3.41. The molecule has 0 aliphatic carbocycles. The van der Waals surface area contributed by atoms with Crippen LogP contribution in [0.3, 0.4) is 0 Å². The van der Waals surface area contributed by atoms with Crippen LogP contribution in [-0.2, 0) is 23.9 Å². The zero-order chi connectivity index (χ0) is 28.3. The van der Waals surface area contributed by atoms with Crippen LogP contribution in [0.25, 0.3) is 23.0 Å². The standard InChI is InChI=1S/C27H34F3N5O4/c1-5-20-13-19(26(36)37)10-12-34(20)11-9-17-7-8-18(14-21(17)27(28,29)30)24-31-25(39-33-24)22-15-23(38-16(3)4)35(6-2)32-22/h7-8,14-16,19-20H,5-6,9-13H2,1-4H3,(H,36,37). The fourth-order valence-electron chi connectivity index (χ4n) is 5.02. The van der Waals surface area contributed by atoms with Gasteiger partial charge in [-0.1, -0.05) is 24.2 Å². The molecule has 2 unspecified atom stereocenters. The van der Waals surface area contributed by atoms with Gasteiger partial charge in [-0.2, -0.15) is 23.3 Å². The topological polar surface area (TPSA) is 107 Å². The molecule has 2 atom stereocenters. The molecule has 0 bridgehead atoms. The number of hydrogen-bond donors (Lipinski definition) is 1. The van der Waals surface area contributed by atoms with Gasteiger partial charge in [-0.05, 0) is 64.6 Å². The monoisotopic (exact) mass is 549 g/mol. The summed E-state index contributed by atoms with van der Waals surface area (Å²) >= 11 is 0. The second kappa shape index (κ2) is 11.8. The summed E-state index contributed by atoms with van der Waals surface area (Å²) in [6, 6.07) is 5.77. The Balaban J connectivity index is 1.54. The van der Waals surface area contributed by atoms with Gasteiger partial charge in [0, 0.05) is 30.8 Å². The molecule has 0 saturated carbocycles. The van der Waals surface area contributed by atoms with E-state index >= 15 is 0 Å². The highest BCUT2D eigenvalue weighted by Crippen LogP contribution is 2.36. The summed E-state index contributed by atoms with van der Waals surface area (Å²) in [6.45, 7) is 9.19. The van der Waals surface area contributed by atoms with Gasteiger partial charge in [-0.25, -0.2) is 4.68 Å². The molecule has 1 aliphatic rings. The molecule has 0 radical (unpaired) electrons. The predicted octanol–water partition coefficient (Wildman–Crippen LogP) is 5.54. The van der Waals surface area contributed by atoms with E-state index in [9.17, 15) is 23.1 Å². The van der Waals surface area contributed by atoms with Crippen molar-refractivity contribution in [2.24, 2.45) is 5.92 Å². The maximum atomic E-state index is 14.1. The van der Waals surface area contributed by atoms with Gasteiger partial charge >= 0.3 is 12.1 Å². The van der Waals surface area contributed by atoms with Crippen molar-refractivity contribution in [1.29, 1.82) is 0 Å². The SMILES string of the molecule is CCC1CC(C(=O)O)CCN1CCc1ccc(-c2noc(-c3cc(OC(C)C)n(CC)n3)n2)cc1C(F)(F)F. The van der Waals surface area contributed by atoms with Crippen LogP contribution in [0.4, 0.5) is 13.2 Å². The second-order valence-corrected chi connectivity index (χ2v) is 10.1. The quantitative estimate of drug-likeness (QED) is 0.351.